The van der Waals surface area contributed by atoms with Crippen molar-refractivity contribution >= 4 is 5.91 Å². The van der Waals surface area contributed by atoms with Crippen LogP contribution < -0.4 is 15.8 Å². The number of rotatable bonds is 8. The Labute approximate surface area is 126 Å². The Hall–Kier alpha value is -2.55. The zero-order valence-electron chi connectivity index (χ0n) is 11.9. The molecule has 1 aromatic heterocycles. The molecule has 0 saturated heterocycles. The molecular weight excluding hydrogens is 291 g/mol. The van der Waals surface area contributed by atoms with Crippen LogP contribution in [0.1, 0.15) is 22.6 Å². The minimum absolute atomic E-state index is 0.146. The van der Waals surface area contributed by atoms with Gasteiger partial charge in [-0.25, -0.2) is 4.39 Å². The van der Waals surface area contributed by atoms with Crippen LogP contribution >= 0.6 is 0 Å². The Morgan fingerprint density at radius 2 is 2.32 bits per heavy atom. The number of H-pyrrole nitrogens is 1. The summed E-state index contributed by atoms with van der Waals surface area (Å²) in [4.78, 5) is 12.1. The molecule has 0 aliphatic rings. The Morgan fingerprint density at radius 1 is 1.45 bits per heavy atom. The highest BCUT2D eigenvalue weighted by Crippen LogP contribution is 2.19. The van der Waals surface area contributed by atoms with Crippen LogP contribution in [0.3, 0.4) is 0 Å². The molecule has 0 radical (unpaired) electrons. The molecular formula is C13H17FN6O2. The molecule has 0 fully saturated rings. The number of hydrogen-bond acceptors (Lipinski definition) is 6. The quantitative estimate of drug-likeness (QED) is 0.592. The molecule has 0 saturated carbocycles. The number of amides is 1. The molecule has 8 nitrogen and oxygen atoms in total. The van der Waals surface area contributed by atoms with Gasteiger partial charge in [0.05, 0.1) is 5.56 Å². The fourth-order valence-electron chi connectivity index (χ4n) is 1.81. The second-order valence-electron chi connectivity index (χ2n) is 4.47. The van der Waals surface area contributed by atoms with Crippen molar-refractivity contribution in [3.63, 3.8) is 0 Å². The summed E-state index contributed by atoms with van der Waals surface area (Å²) in [5.74, 6) is -0.0221. The highest BCUT2D eigenvalue weighted by atomic mass is 19.1. The molecule has 0 unspecified atom stereocenters. The number of hydrogen-bond donors (Lipinski definition) is 3. The number of benzene rings is 1. The van der Waals surface area contributed by atoms with Gasteiger partial charge >= 0.3 is 0 Å². The molecule has 2 rings (SSSR count). The van der Waals surface area contributed by atoms with E-state index < -0.39 is 11.7 Å². The number of ether oxygens (including phenoxy) is 1. The summed E-state index contributed by atoms with van der Waals surface area (Å²) in [5.41, 5.74) is 5.50. The van der Waals surface area contributed by atoms with Gasteiger partial charge in [0.15, 0.2) is 5.82 Å². The number of aryl methyl sites for hydroxylation is 1. The van der Waals surface area contributed by atoms with Crippen molar-refractivity contribution in [1.29, 1.82) is 0 Å². The van der Waals surface area contributed by atoms with Gasteiger partial charge in [-0.1, -0.05) is 5.21 Å². The largest absolute Gasteiger partial charge is 0.491 e. The monoisotopic (exact) mass is 308 g/mol. The van der Waals surface area contributed by atoms with Gasteiger partial charge in [0.1, 0.15) is 18.2 Å². The normalized spacial score (nSPS) is 10.5. The maximum absolute atomic E-state index is 13.3. The van der Waals surface area contributed by atoms with Crippen LogP contribution in [0, 0.1) is 5.82 Å². The van der Waals surface area contributed by atoms with E-state index in [1.54, 1.807) is 0 Å². The molecule has 0 aliphatic carbocycles. The Morgan fingerprint density at radius 3 is 3.05 bits per heavy atom. The average molecular weight is 308 g/mol. The molecule has 9 heteroatoms. The number of aromatic amines is 1. The van der Waals surface area contributed by atoms with Crippen LogP contribution in [0.25, 0.3) is 0 Å². The number of aromatic nitrogens is 4. The molecule has 2 aromatic rings. The van der Waals surface area contributed by atoms with Crippen LogP contribution in [0.4, 0.5) is 4.39 Å². The fourth-order valence-corrected chi connectivity index (χ4v) is 1.81. The molecule has 118 valence electrons. The lowest BCUT2D eigenvalue weighted by Crippen LogP contribution is -2.26. The summed E-state index contributed by atoms with van der Waals surface area (Å²) in [5, 5.41) is 16.1. The first kappa shape index (κ1) is 15.8. The van der Waals surface area contributed by atoms with Gasteiger partial charge in [-0.3, -0.25) is 4.79 Å². The first-order valence-corrected chi connectivity index (χ1v) is 6.83. The van der Waals surface area contributed by atoms with Crippen molar-refractivity contribution in [2.45, 2.75) is 12.8 Å². The van der Waals surface area contributed by atoms with Gasteiger partial charge in [0, 0.05) is 19.5 Å². The highest BCUT2D eigenvalue weighted by Gasteiger charge is 2.13. The van der Waals surface area contributed by atoms with Crippen LogP contribution in [0.5, 0.6) is 5.75 Å². The van der Waals surface area contributed by atoms with E-state index in [0.29, 0.717) is 37.5 Å². The second kappa shape index (κ2) is 8.03. The zero-order chi connectivity index (χ0) is 15.8. The second-order valence-corrected chi connectivity index (χ2v) is 4.47. The maximum Gasteiger partial charge on any atom is 0.255 e. The first-order valence-electron chi connectivity index (χ1n) is 6.83. The SMILES string of the molecule is NCCOc1ccc(F)cc1C(=O)NCCCc1nn[nH]n1. The van der Waals surface area contributed by atoms with Gasteiger partial charge in [0.2, 0.25) is 0 Å². The lowest BCUT2D eigenvalue weighted by molar-refractivity contribution is 0.0948. The third kappa shape index (κ3) is 4.48. The van der Waals surface area contributed by atoms with Crippen molar-refractivity contribution in [3.05, 3.63) is 35.4 Å². The van der Waals surface area contributed by atoms with Crippen LogP contribution in [-0.4, -0.2) is 46.2 Å². The summed E-state index contributed by atoms with van der Waals surface area (Å²) in [7, 11) is 0. The summed E-state index contributed by atoms with van der Waals surface area (Å²) < 4.78 is 18.7. The van der Waals surface area contributed by atoms with E-state index in [4.69, 9.17) is 10.5 Å². The topological polar surface area (TPSA) is 119 Å². The van der Waals surface area contributed by atoms with Gasteiger partial charge in [-0.2, -0.15) is 5.21 Å². The molecule has 0 atom stereocenters. The predicted molar refractivity (Wildman–Crippen MR) is 75.8 cm³/mol. The number of carbonyl (C=O) groups is 1. The van der Waals surface area contributed by atoms with Gasteiger partial charge in [-0.15, -0.1) is 10.2 Å². The molecule has 22 heavy (non-hydrogen) atoms. The van der Waals surface area contributed by atoms with E-state index in [1.807, 2.05) is 0 Å². The van der Waals surface area contributed by atoms with Crippen LogP contribution in [0.2, 0.25) is 0 Å². The van der Waals surface area contributed by atoms with Crippen molar-refractivity contribution in [2.75, 3.05) is 19.7 Å². The Bertz CT molecular complexity index is 605. The number of nitrogens with one attached hydrogen (secondary N) is 2. The lowest BCUT2D eigenvalue weighted by atomic mass is 10.1. The van der Waals surface area contributed by atoms with Gasteiger partial charge in [-0.05, 0) is 24.6 Å². The smallest absolute Gasteiger partial charge is 0.255 e. The number of nitrogens with zero attached hydrogens (tertiary/aromatic N) is 3. The van der Waals surface area contributed by atoms with E-state index in [1.165, 1.54) is 12.1 Å². The number of halogens is 1. The number of nitrogens with two attached hydrogens (primary N) is 1. The van der Waals surface area contributed by atoms with Crippen LogP contribution in [0.15, 0.2) is 18.2 Å². The molecule has 0 aliphatic heterocycles. The summed E-state index contributed by atoms with van der Waals surface area (Å²) in [6.07, 6.45) is 1.22. The molecule has 0 bridgehead atoms. The van der Waals surface area contributed by atoms with E-state index in [0.717, 1.165) is 6.07 Å². The molecule has 4 N–H and O–H groups in total. The minimum atomic E-state index is -0.503. The number of carbonyl (C=O) groups excluding carboxylic acids is 1. The lowest BCUT2D eigenvalue weighted by Gasteiger charge is -2.11. The summed E-state index contributed by atoms with van der Waals surface area (Å²) in [6, 6.07) is 3.79. The van der Waals surface area contributed by atoms with Crippen molar-refractivity contribution in [2.24, 2.45) is 5.73 Å². The molecule has 0 spiro atoms. The zero-order valence-corrected chi connectivity index (χ0v) is 11.9. The third-order valence-electron chi connectivity index (χ3n) is 2.81. The Balaban J connectivity index is 1.89. The standard InChI is InChI=1S/C13H17FN6O2/c14-9-3-4-11(22-7-5-15)10(8-9)13(21)16-6-1-2-12-17-19-20-18-12/h3-4,8H,1-2,5-7,15H2,(H,16,21)(H,17,18,19,20). The van der Waals surface area contributed by atoms with Gasteiger partial charge < -0.3 is 15.8 Å². The molecule has 1 heterocycles. The van der Waals surface area contributed by atoms with Crippen molar-refractivity contribution in [1.82, 2.24) is 25.9 Å². The third-order valence-corrected chi connectivity index (χ3v) is 2.81. The summed E-state index contributed by atoms with van der Waals surface area (Å²) >= 11 is 0. The highest BCUT2D eigenvalue weighted by molar-refractivity contribution is 5.96. The maximum atomic E-state index is 13.3. The van der Waals surface area contributed by atoms with Gasteiger partial charge in [0.25, 0.3) is 5.91 Å². The van der Waals surface area contributed by atoms with E-state index in [9.17, 15) is 9.18 Å². The number of tetrazole rings is 1. The minimum Gasteiger partial charge on any atom is -0.491 e. The van der Waals surface area contributed by atoms with Crippen molar-refractivity contribution < 1.29 is 13.9 Å². The first-order chi connectivity index (χ1) is 10.7. The van der Waals surface area contributed by atoms with Crippen molar-refractivity contribution in [3.8, 4) is 5.75 Å². The Kier molecular flexibility index (Phi) is 5.78. The fraction of sp³-hybridized carbons (Fsp3) is 0.385. The summed E-state index contributed by atoms with van der Waals surface area (Å²) in [6.45, 7) is 0.965. The molecule has 1 amide bonds. The molecule has 1 aromatic carbocycles. The van der Waals surface area contributed by atoms with E-state index in [-0.39, 0.29) is 12.2 Å². The average Bonchev–Trinajstić information content (AvgIpc) is 3.03. The van der Waals surface area contributed by atoms with E-state index >= 15 is 0 Å². The van der Waals surface area contributed by atoms with Crippen LogP contribution in [-0.2, 0) is 6.42 Å². The predicted octanol–water partition coefficient (Wildman–Crippen LogP) is 0.0389. The van der Waals surface area contributed by atoms with E-state index in [2.05, 4.69) is 25.9 Å².